The summed E-state index contributed by atoms with van der Waals surface area (Å²) in [5.74, 6) is -2.32. The molecule has 134 valence electrons. The molecule has 1 aromatic carbocycles. The van der Waals surface area contributed by atoms with Gasteiger partial charge in [-0.1, -0.05) is 36.8 Å². The first-order chi connectivity index (χ1) is 12.6. The molecule has 1 aromatic heterocycles. The lowest BCUT2D eigenvalue weighted by atomic mass is 9.95. The van der Waals surface area contributed by atoms with E-state index in [2.05, 4.69) is 11.4 Å². The van der Waals surface area contributed by atoms with Crippen LogP contribution in [-0.2, 0) is 22.4 Å². The number of aryl methyl sites for hydroxylation is 1. The number of hydrogen-bond donors (Lipinski definition) is 2. The van der Waals surface area contributed by atoms with E-state index >= 15 is 0 Å². The Kier molecular flexibility index (Phi) is 5.69. The number of hydrogen-bond acceptors (Lipinski definition) is 4. The van der Waals surface area contributed by atoms with E-state index in [1.54, 1.807) is 30.3 Å². The highest BCUT2D eigenvalue weighted by molar-refractivity contribution is 7.16. The number of aliphatic carboxylic acids is 1. The van der Waals surface area contributed by atoms with Crippen molar-refractivity contribution >= 4 is 28.2 Å². The van der Waals surface area contributed by atoms with Crippen LogP contribution in [0.5, 0.6) is 0 Å². The zero-order valence-electron chi connectivity index (χ0n) is 14.3. The van der Waals surface area contributed by atoms with Crippen LogP contribution in [0.15, 0.2) is 30.3 Å². The van der Waals surface area contributed by atoms with E-state index in [-0.39, 0.29) is 12.3 Å². The Hall–Kier alpha value is -2.65. The highest BCUT2D eigenvalue weighted by atomic mass is 32.1. The lowest BCUT2D eigenvalue weighted by Gasteiger charge is -2.12. The van der Waals surface area contributed by atoms with Crippen molar-refractivity contribution in [1.82, 2.24) is 0 Å². The van der Waals surface area contributed by atoms with Crippen LogP contribution in [0.25, 0.3) is 0 Å². The monoisotopic (exact) mass is 368 g/mol. The zero-order valence-corrected chi connectivity index (χ0v) is 15.1. The molecule has 26 heavy (non-hydrogen) atoms. The number of thiophene rings is 1. The maximum atomic E-state index is 12.5. The largest absolute Gasteiger partial charge is 0.481 e. The molecule has 3 rings (SSSR count). The zero-order chi connectivity index (χ0) is 18.5. The van der Waals surface area contributed by atoms with Gasteiger partial charge in [0.1, 0.15) is 11.1 Å². The molecular formula is C20H20N2O3S. The molecular weight excluding hydrogens is 348 g/mol. The molecule has 1 atom stereocenters. The molecule has 2 N–H and O–H groups in total. The summed E-state index contributed by atoms with van der Waals surface area (Å²) in [6.45, 7) is 0. The number of amides is 1. The van der Waals surface area contributed by atoms with Crippen molar-refractivity contribution < 1.29 is 14.7 Å². The van der Waals surface area contributed by atoms with Gasteiger partial charge in [0.05, 0.1) is 11.5 Å². The second kappa shape index (κ2) is 8.15. The number of carbonyl (C=O) groups excluding carboxylic acids is 1. The molecule has 1 aliphatic rings. The third kappa shape index (κ3) is 3.94. The Morgan fingerprint density at radius 1 is 1.19 bits per heavy atom. The number of nitrogens with zero attached hydrogens (tertiary/aromatic N) is 1. The fourth-order valence-corrected chi connectivity index (χ4v) is 4.60. The standard InChI is InChI=1S/C20H20N2O3S/c21-12-16-14-9-5-2-6-10-17(14)26-19(16)22-18(23)11-15(20(24)25)13-7-3-1-4-8-13/h1,3-4,7-8,15H,2,5-6,9-11H2,(H,22,23)(H,24,25)/t15-/m0/s1. The minimum Gasteiger partial charge on any atom is -0.481 e. The topological polar surface area (TPSA) is 90.2 Å². The summed E-state index contributed by atoms with van der Waals surface area (Å²) in [6, 6.07) is 11.0. The second-order valence-electron chi connectivity index (χ2n) is 6.43. The Labute approximate surface area is 156 Å². The van der Waals surface area contributed by atoms with E-state index < -0.39 is 11.9 Å². The minimum atomic E-state index is -1.03. The molecule has 0 aliphatic heterocycles. The molecule has 0 saturated carbocycles. The molecule has 2 aromatic rings. The van der Waals surface area contributed by atoms with Crippen molar-refractivity contribution in [2.45, 2.75) is 44.4 Å². The van der Waals surface area contributed by atoms with Crippen molar-refractivity contribution in [3.63, 3.8) is 0 Å². The average molecular weight is 368 g/mol. The van der Waals surface area contributed by atoms with Gasteiger partial charge in [0.2, 0.25) is 5.91 Å². The van der Waals surface area contributed by atoms with Gasteiger partial charge < -0.3 is 10.4 Å². The number of nitriles is 1. The molecule has 1 amide bonds. The normalized spacial score (nSPS) is 14.6. The number of rotatable bonds is 5. The fraction of sp³-hybridized carbons (Fsp3) is 0.350. The predicted octanol–water partition coefficient (Wildman–Crippen LogP) is 4.09. The second-order valence-corrected chi connectivity index (χ2v) is 7.54. The molecule has 0 unspecified atom stereocenters. The van der Waals surface area contributed by atoms with Gasteiger partial charge in [-0.25, -0.2) is 0 Å². The highest BCUT2D eigenvalue weighted by Crippen LogP contribution is 2.37. The lowest BCUT2D eigenvalue weighted by molar-refractivity contribution is -0.140. The highest BCUT2D eigenvalue weighted by Gasteiger charge is 2.25. The molecule has 0 fully saturated rings. The van der Waals surface area contributed by atoms with Gasteiger partial charge in [-0.2, -0.15) is 5.26 Å². The average Bonchev–Trinajstić information content (AvgIpc) is 2.79. The van der Waals surface area contributed by atoms with Gasteiger partial charge >= 0.3 is 5.97 Å². The third-order valence-corrected chi connectivity index (χ3v) is 5.88. The number of anilines is 1. The van der Waals surface area contributed by atoms with Crippen molar-refractivity contribution in [2.24, 2.45) is 0 Å². The van der Waals surface area contributed by atoms with Gasteiger partial charge in [0.25, 0.3) is 0 Å². The first kappa shape index (κ1) is 18.2. The summed E-state index contributed by atoms with van der Waals surface area (Å²) in [6.07, 6.45) is 4.96. The first-order valence-electron chi connectivity index (χ1n) is 8.72. The summed E-state index contributed by atoms with van der Waals surface area (Å²) >= 11 is 1.46. The Bertz CT molecular complexity index is 852. The van der Waals surface area contributed by atoms with Crippen LogP contribution in [0, 0.1) is 11.3 Å². The molecule has 5 nitrogen and oxygen atoms in total. The Balaban J connectivity index is 1.78. The fourth-order valence-electron chi connectivity index (χ4n) is 3.35. The van der Waals surface area contributed by atoms with E-state index in [0.717, 1.165) is 37.7 Å². The summed E-state index contributed by atoms with van der Waals surface area (Å²) in [4.78, 5) is 25.2. The number of carbonyl (C=O) groups is 2. The summed E-state index contributed by atoms with van der Waals surface area (Å²) in [5, 5.41) is 22.3. The number of nitrogens with one attached hydrogen (secondary N) is 1. The quantitative estimate of drug-likeness (QED) is 0.778. The van der Waals surface area contributed by atoms with E-state index in [4.69, 9.17) is 0 Å². The van der Waals surface area contributed by atoms with Crippen molar-refractivity contribution in [1.29, 1.82) is 5.26 Å². The van der Waals surface area contributed by atoms with Gasteiger partial charge in [-0.05, 0) is 36.8 Å². The molecule has 1 heterocycles. The van der Waals surface area contributed by atoms with Crippen LogP contribution in [0.1, 0.15) is 53.2 Å². The number of carboxylic acids is 1. The Morgan fingerprint density at radius 3 is 2.62 bits per heavy atom. The summed E-state index contributed by atoms with van der Waals surface area (Å²) < 4.78 is 0. The van der Waals surface area contributed by atoms with Crippen LogP contribution in [0.2, 0.25) is 0 Å². The van der Waals surface area contributed by atoms with Crippen molar-refractivity contribution in [2.75, 3.05) is 5.32 Å². The minimum absolute atomic E-state index is 0.160. The van der Waals surface area contributed by atoms with E-state index in [9.17, 15) is 20.0 Å². The van der Waals surface area contributed by atoms with Gasteiger partial charge in [0.15, 0.2) is 0 Å². The smallest absolute Gasteiger partial charge is 0.311 e. The summed E-state index contributed by atoms with van der Waals surface area (Å²) in [5.41, 5.74) is 2.20. The van der Waals surface area contributed by atoms with E-state index in [1.807, 2.05) is 0 Å². The molecule has 0 bridgehead atoms. The van der Waals surface area contributed by atoms with Crippen LogP contribution in [0.3, 0.4) is 0 Å². The predicted molar refractivity (Wildman–Crippen MR) is 100 cm³/mol. The van der Waals surface area contributed by atoms with Gasteiger partial charge in [0, 0.05) is 11.3 Å². The SMILES string of the molecule is N#Cc1c(NC(=O)C[C@H](C(=O)O)c2ccccc2)sc2c1CCCCC2. The Morgan fingerprint density at radius 2 is 1.92 bits per heavy atom. The van der Waals surface area contributed by atoms with Crippen LogP contribution in [0.4, 0.5) is 5.00 Å². The van der Waals surface area contributed by atoms with E-state index in [0.29, 0.717) is 16.1 Å². The number of benzene rings is 1. The molecule has 0 saturated heterocycles. The lowest BCUT2D eigenvalue weighted by Crippen LogP contribution is -2.20. The maximum absolute atomic E-state index is 12.5. The molecule has 0 spiro atoms. The van der Waals surface area contributed by atoms with Crippen LogP contribution >= 0.6 is 11.3 Å². The van der Waals surface area contributed by atoms with Crippen molar-refractivity contribution in [3.05, 3.63) is 51.9 Å². The van der Waals surface area contributed by atoms with E-state index in [1.165, 1.54) is 16.2 Å². The first-order valence-corrected chi connectivity index (χ1v) is 9.54. The molecule has 0 radical (unpaired) electrons. The maximum Gasteiger partial charge on any atom is 0.311 e. The molecule has 6 heteroatoms. The van der Waals surface area contributed by atoms with Crippen molar-refractivity contribution in [3.8, 4) is 6.07 Å². The van der Waals surface area contributed by atoms with Gasteiger partial charge in [-0.15, -0.1) is 11.3 Å². The van der Waals surface area contributed by atoms with Crippen LogP contribution < -0.4 is 5.32 Å². The third-order valence-electron chi connectivity index (χ3n) is 4.68. The summed E-state index contributed by atoms with van der Waals surface area (Å²) in [7, 11) is 0. The molecule has 1 aliphatic carbocycles. The number of fused-ring (bicyclic) bond motifs is 1. The van der Waals surface area contributed by atoms with Gasteiger partial charge in [-0.3, -0.25) is 9.59 Å². The number of carboxylic acid groups (broad SMARTS) is 1. The van der Waals surface area contributed by atoms with Crippen LogP contribution in [-0.4, -0.2) is 17.0 Å².